The third-order valence-electron chi connectivity index (χ3n) is 8.41. The molecule has 6 heteroatoms. The molecule has 1 aromatic heterocycles. The van der Waals surface area contributed by atoms with Gasteiger partial charge in [-0.05, 0) is 105 Å². The lowest BCUT2D eigenvalue weighted by atomic mass is 9.72. The average molecular weight is 548 g/mol. The first-order chi connectivity index (χ1) is 18.7. The van der Waals surface area contributed by atoms with Crippen LogP contribution in [0.15, 0.2) is 53.4 Å². The van der Waals surface area contributed by atoms with Crippen molar-refractivity contribution in [1.82, 2.24) is 9.55 Å². The van der Waals surface area contributed by atoms with Crippen LogP contribution in [0.25, 0.3) is 5.57 Å². The van der Waals surface area contributed by atoms with E-state index in [1.807, 2.05) is 39.4 Å². The Morgan fingerprint density at radius 1 is 1.15 bits per heavy atom. The summed E-state index contributed by atoms with van der Waals surface area (Å²) in [4.78, 5) is 22.2. The van der Waals surface area contributed by atoms with Gasteiger partial charge in [-0.3, -0.25) is 9.79 Å². The van der Waals surface area contributed by atoms with Crippen LogP contribution >= 0.6 is 11.6 Å². The number of nitrogens with zero attached hydrogens (tertiary/aromatic N) is 3. The number of aliphatic imine (C=N–C) groups is 1. The molecule has 2 aromatic rings. The molecule has 3 unspecified atom stereocenters. The molecule has 2 heterocycles. The third-order valence-corrected chi connectivity index (χ3v) is 8.64. The molecule has 0 N–H and O–H groups in total. The fraction of sp³-hybridized carbons (Fsp3) is 0.545. The summed E-state index contributed by atoms with van der Waals surface area (Å²) in [7, 11) is 2.05. The smallest absolute Gasteiger partial charge is 0.306 e. The number of rotatable bonds is 5. The normalized spacial score (nSPS) is 23.7. The molecule has 1 aromatic carbocycles. The Morgan fingerprint density at radius 2 is 1.97 bits per heavy atom. The number of aryl methyl sites for hydroxylation is 1. The Morgan fingerprint density at radius 3 is 2.74 bits per heavy atom. The molecular formula is C33H42ClN3O2. The van der Waals surface area contributed by atoms with Crippen LogP contribution in [0.1, 0.15) is 94.9 Å². The molecule has 0 amide bonds. The SMILES string of the molecule is Cn1cncc1CC1=CC2=CCCN=C2C(C2CCCCC(CC(=O)OC(C)(C)C)CC2)c2ccc(Cl)cc21. The van der Waals surface area contributed by atoms with Gasteiger partial charge in [-0.15, -0.1) is 0 Å². The number of ether oxygens (including phenoxy) is 1. The zero-order valence-electron chi connectivity index (χ0n) is 23.9. The second-order valence-corrected chi connectivity index (χ2v) is 13.0. The summed E-state index contributed by atoms with van der Waals surface area (Å²) in [5.41, 5.74) is 7.09. The van der Waals surface area contributed by atoms with Gasteiger partial charge in [0.05, 0.1) is 6.33 Å². The van der Waals surface area contributed by atoms with Crippen molar-refractivity contribution in [1.29, 1.82) is 0 Å². The number of imidazole rings is 1. The molecule has 1 fully saturated rings. The molecular weight excluding hydrogens is 506 g/mol. The zero-order chi connectivity index (χ0) is 27.6. The lowest BCUT2D eigenvalue weighted by Crippen LogP contribution is -2.28. The van der Waals surface area contributed by atoms with Crippen molar-refractivity contribution in [2.24, 2.45) is 23.9 Å². The molecule has 0 radical (unpaired) electrons. The minimum Gasteiger partial charge on any atom is -0.460 e. The van der Waals surface area contributed by atoms with Crippen molar-refractivity contribution in [3.05, 3.63) is 70.3 Å². The quantitative estimate of drug-likeness (QED) is 0.358. The number of benzene rings is 1. The van der Waals surface area contributed by atoms with Crippen molar-refractivity contribution in [2.75, 3.05) is 6.54 Å². The molecule has 39 heavy (non-hydrogen) atoms. The van der Waals surface area contributed by atoms with Gasteiger partial charge >= 0.3 is 5.97 Å². The number of esters is 1. The van der Waals surface area contributed by atoms with Gasteiger partial charge in [0.15, 0.2) is 0 Å². The van der Waals surface area contributed by atoms with E-state index in [0.29, 0.717) is 18.3 Å². The number of dihydropyridines is 1. The van der Waals surface area contributed by atoms with E-state index < -0.39 is 5.60 Å². The highest BCUT2D eigenvalue weighted by molar-refractivity contribution is 6.30. The summed E-state index contributed by atoms with van der Waals surface area (Å²) in [6, 6.07) is 6.44. The summed E-state index contributed by atoms with van der Waals surface area (Å²) in [6.45, 7) is 6.68. The first kappa shape index (κ1) is 27.9. The predicted octanol–water partition coefficient (Wildman–Crippen LogP) is 7.89. The second-order valence-electron chi connectivity index (χ2n) is 12.5. The number of carbonyl (C=O) groups excluding carboxylic acids is 1. The maximum absolute atomic E-state index is 12.7. The standard InChI is InChI=1S/C33H42ClN3O2/c1-33(2,3)39-30(38)16-22-8-5-6-9-23(12-11-22)31-28-14-13-26(34)19-29(28)25(18-27-20-35-21-37(27)4)17-24-10-7-15-36-32(24)31/h10,13-14,17,19-23,31H,5-9,11-12,15-16,18H2,1-4H3. The van der Waals surface area contributed by atoms with Gasteiger partial charge in [0, 0.05) is 55.0 Å². The van der Waals surface area contributed by atoms with E-state index in [2.05, 4.69) is 40.9 Å². The van der Waals surface area contributed by atoms with Crippen molar-refractivity contribution < 1.29 is 9.53 Å². The van der Waals surface area contributed by atoms with Gasteiger partial charge in [-0.1, -0.05) is 36.6 Å². The van der Waals surface area contributed by atoms with E-state index in [0.717, 1.165) is 50.1 Å². The molecule has 208 valence electrons. The van der Waals surface area contributed by atoms with Gasteiger partial charge in [-0.2, -0.15) is 0 Å². The monoisotopic (exact) mass is 547 g/mol. The van der Waals surface area contributed by atoms with E-state index in [4.69, 9.17) is 21.3 Å². The van der Waals surface area contributed by atoms with Crippen LogP contribution in [0.2, 0.25) is 5.02 Å². The maximum atomic E-state index is 12.7. The second kappa shape index (κ2) is 11.8. The number of hydrogen-bond acceptors (Lipinski definition) is 4. The Hall–Kier alpha value is -2.66. The molecule has 5 rings (SSSR count). The number of hydrogen-bond donors (Lipinski definition) is 0. The van der Waals surface area contributed by atoms with E-state index in [9.17, 15) is 4.79 Å². The maximum Gasteiger partial charge on any atom is 0.306 e. The van der Waals surface area contributed by atoms with Gasteiger partial charge in [0.2, 0.25) is 0 Å². The van der Waals surface area contributed by atoms with Crippen LogP contribution in [0.5, 0.6) is 0 Å². The first-order valence-corrected chi connectivity index (χ1v) is 15.0. The average Bonchev–Trinajstić information content (AvgIpc) is 3.20. The number of aromatic nitrogens is 2. The Bertz CT molecular complexity index is 1300. The molecule has 0 saturated heterocycles. The highest BCUT2D eigenvalue weighted by Crippen LogP contribution is 2.45. The van der Waals surface area contributed by atoms with E-state index in [-0.39, 0.29) is 11.9 Å². The Labute approximate surface area is 238 Å². The van der Waals surface area contributed by atoms with Crippen LogP contribution in [-0.2, 0) is 23.0 Å². The minimum atomic E-state index is -0.436. The summed E-state index contributed by atoms with van der Waals surface area (Å²) in [5, 5.41) is 0.763. The van der Waals surface area contributed by atoms with Crippen molar-refractivity contribution >= 4 is 28.9 Å². The zero-order valence-corrected chi connectivity index (χ0v) is 24.6. The molecule has 1 saturated carbocycles. The van der Waals surface area contributed by atoms with Crippen LogP contribution in [0, 0.1) is 11.8 Å². The van der Waals surface area contributed by atoms with Crippen LogP contribution in [-0.4, -0.2) is 33.4 Å². The van der Waals surface area contributed by atoms with Gasteiger partial charge in [0.1, 0.15) is 5.60 Å². The molecule has 0 spiro atoms. The molecule has 2 aliphatic carbocycles. The largest absolute Gasteiger partial charge is 0.460 e. The summed E-state index contributed by atoms with van der Waals surface area (Å²) in [6.07, 6.45) is 17.6. The topological polar surface area (TPSA) is 56.5 Å². The van der Waals surface area contributed by atoms with Crippen molar-refractivity contribution in [3.8, 4) is 0 Å². The van der Waals surface area contributed by atoms with E-state index in [1.165, 1.54) is 46.5 Å². The number of halogens is 1. The summed E-state index contributed by atoms with van der Waals surface area (Å²) >= 11 is 6.62. The molecule has 3 aliphatic rings. The third kappa shape index (κ3) is 6.74. The van der Waals surface area contributed by atoms with Crippen LogP contribution in [0.4, 0.5) is 0 Å². The fourth-order valence-electron chi connectivity index (χ4n) is 6.61. The Balaban J connectivity index is 1.47. The molecule has 3 atom stereocenters. The first-order valence-electron chi connectivity index (χ1n) is 14.6. The highest BCUT2D eigenvalue weighted by atomic mass is 35.5. The number of allylic oxidation sites excluding steroid dienone is 3. The molecule has 1 aliphatic heterocycles. The molecule has 0 bridgehead atoms. The van der Waals surface area contributed by atoms with Gasteiger partial charge in [0.25, 0.3) is 0 Å². The highest BCUT2D eigenvalue weighted by Gasteiger charge is 2.35. The van der Waals surface area contributed by atoms with Gasteiger partial charge < -0.3 is 9.30 Å². The summed E-state index contributed by atoms with van der Waals surface area (Å²) < 4.78 is 7.77. The molecule has 5 nitrogen and oxygen atoms in total. The fourth-order valence-corrected chi connectivity index (χ4v) is 6.78. The van der Waals surface area contributed by atoms with Crippen molar-refractivity contribution in [3.63, 3.8) is 0 Å². The lowest BCUT2D eigenvalue weighted by Gasteiger charge is -2.33. The van der Waals surface area contributed by atoms with E-state index >= 15 is 0 Å². The van der Waals surface area contributed by atoms with Crippen LogP contribution < -0.4 is 0 Å². The summed E-state index contributed by atoms with van der Waals surface area (Å²) in [5.74, 6) is 1.00. The Kier molecular flexibility index (Phi) is 8.46. The van der Waals surface area contributed by atoms with Gasteiger partial charge in [-0.25, -0.2) is 4.98 Å². The number of carbonyl (C=O) groups is 1. The van der Waals surface area contributed by atoms with Crippen LogP contribution in [0.3, 0.4) is 0 Å². The van der Waals surface area contributed by atoms with Crippen molar-refractivity contribution in [2.45, 2.75) is 90.1 Å². The predicted molar refractivity (Wildman–Crippen MR) is 159 cm³/mol. The lowest BCUT2D eigenvalue weighted by molar-refractivity contribution is -0.156. The van der Waals surface area contributed by atoms with E-state index in [1.54, 1.807) is 0 Å². The number of fused-ring (bicyclic) bond motifs is 2. The minimum absolute atomic E-state index is 0.0649.